The molecule has 0 heterocycles. The molecule has 244 valence electrons. The van der Waals surface area contributed by atoms with Crippen LogP contribution in [0, 0.1) is 5.92 Å². The summed E-state index contributed by atoms with van der Waals surface area (Å²) in [6.07, 6.45) is 1.92. The molecule has 0 saturated carbocycles. The van der Waals surface area contributed by atoms with Crippen LogP contribution < -0.4 is 5.32 Å². The molecule has 3 rings (SSSR count). The maximum absolute atomic E-state index is 13.1. The van der Waals surface area contributed by atoms with Gasteiger partial charge in [-0.05, 0) is 93.3 Å². The molecule has 0 saturated heterocycles. The average Bonchev–Trinajstić information content (AvgIpc) is 2.95. The molecule has 6 nitrogen and oxygen atoms in total. The number of alkyl carbamates (subject to hydrolysis) is 1. The van der Waals surface area contributed by atoms with E-state index in [2.05, 4.69) is 75.6 Å². The van der Waals surface area contributed by atoms with E-state index in [4.69, 9.17) is 9.16 Å². The van der Waals surface area contributed by atoms with Gasteiger partial charge in [-0.2, -0.15) is 0 Å². The summed E-state index contributed by atoms with van der Waals surface area (Å²) in [6, 6.07) is 28.1. The Morgan fingerprint density at radius 1 is 0.733 bits per heavy atom. The summed E-state index contributed by atoms with van der Waals surface area (Å²) >= 11 is 0. The molecule has 0 aromatic heterocycles. The molecule has 2 N–H and O–H groups in total. The van der Waals surface area contributed by atoms with Crippen molar-refractivity contribution in [1.29, 1.82) is 0 Å². The highest BCUT2D eigenvalue weighted by Crippen LogP contribution is 2.39. The Hall–Kier alpha value is -3.42. The molecule has 0 spiro atoms. The Morgan fingerprint density at radius 3 is 1.69 bits per heavy atom. The maximum Gasteiger partial charge on any atom is 0.407 e. The number of nitrogens with one attached hydrogen (secondary N) is 1. The lowest BCUT2D eigenvalue weighted by Gasteiger charge is -2.42. The van der Waals surface area contributed by atoms with Crippen LogP contribution in [0.25, 0.3) is 0 Å². The van der Waals surface area contributed by atoms with E-state index < -0.39 is 44.0 Å². The summed E-state index contributed by atoms with van der Waals surface area (Å²) in [5, 5.41) is 13.4. The Bertz CT molecular complexity index is 1340. The summed E-state index contributed by atoms with van der Waals surface area (Å²) in [7, 11) is -2.37. The van der Waals surface area contributed by atoms with E-state index in [1.54, 1.807) is 0 Å². The molecule has 0 aliphatic heterocycles. The van der Waals surface area contributed by atoms with Gasteiger partial charge < -0.3 is 19.6 Å². The van der Waals surface area contributed by atoms with Crippen molar-refractivity contribution in [1.82, 2.24) is 5.32 Å². The predicted octanol–water partition coefficient (Wildman–Crippen LogP) is 8.63. The SMILES string of the molecule is CC(C)(C)OC(=O)N[C@@H](Cc1ccccc1)[C@H](C[C@@H](Cc1ccc(CCc2ccccc2)cc1)C(=O)O)O[Si](C)(C)C(C)(C)C. The van der Waals surface area contributed by atoms with E-state index in [9.17, 15) is 14.7 Å². The smallest absolute Gasteiger partial charge is 0.407 e. The Labute approximate surface area is 271 Å². The minimum absolute atomic E-state index is 0.108. The zero-order valence-electron chi connectivity index (χ0n) is 28.4. The van der Waals surface area contributed by atoms with Crippen molar-refractivity contribution < 1.29 is 23.9 Å². The third-order valence-electron chi connectivity index (χ3n) is 8.62. The molecule has 3 atom stereocenters. The van der Waals surface area contributed by atoms with Crippen LogP contribution in [0.3, 0.4) is 0 Å². The number of hydrogen-bond acceptors (Lipinski definition) is 4. The predicted molar refractivity (Wildman–Crippen MR) is 185 cm³/mol. The number of benzene rings is 3. The number of ether oxygens (including phenoxy) is 1. The minimum Gasteiger partial charge on any atom is -0.481 e. The van der Waals surface area contributed by atoms with E-state index >= 15 is 0 Å². The molecule has 0 aliphatic rings. The van der Waals surface area contributed by atoms with Crippen LogP contribution in [0.5, 0.6) is 0 Å². The van der Waals surface area contributed by atoms with Gasteiger partial charge in [-0.1, -0.05) is 106 Å². The van der Waals surface area contributed by atoms with E-state index in [-0.39, 0.29) is 11.5 Å². The van der Waals surface area contributed by atoms with Gasteiger partial charge in [0.05, 0.1) is 18.1 Å². The summed E-state index contributed by atoms with van der Waals surface area (Å²) in [5.41, 5.74) is 3.84. The monoisotopic (exact) mass is 631 g/mol. The van der Waals surface area contributed by atoms with Gasteiger partial charge in [0.15, 0.2) is 8.32 Å². The normalized spacial score (nSPS) is 14.3. The lowest BCUT2D eigenvalue weighted by atomic mass is 9.89. The van der Waals surface area contributed by atoms with Gasteiger partial charge in [-0.3, -0.25) is 4.79 Å². The summed E-state index contributed by atoms with van der Waals surface area (Å²) in [5.74, 6) is -1.57. The largest absolute Gasteiger partial charge is 0.481 e. The molecule has 0 aliphatic carbocycles. The third-order valence-corrected chi connectivity index (χ3v) is 13.1. The van der Waals surface area contributed by atoms with Crippen molar-refractivity contribution in [3.05, 3.63) is 107 Å². The molecule has 1 amide bonds. The first-order valence-electron chi connectivity index (χ1n) is 16.1. The molecule has 45 heavy (non-hydrogen) atoms. The highest BCUT2D eigenvalue weighted by molar-refractivity contribution is 6.74. The average molecular weight is 632 g/mol. The Kier molecular flexibility index (Phi) is 12.6. The fraction of sp³-hybridized carbons (Fsp3) is 0.474. The van der Waals surface area contributed by atoms with Crippen LogP contribution in [0.2, 0.25) is 18.1 Å². The van der Waals surface area contributed by atoms with Gasteiger partial charge in [0.1, 0.15) is 5.60 Å². The minimum atomic E-state index is -2.37. The molecule has 0 radical (unpaired) electrons. The summed E-state index contributed by atoms with van der Waals surface area (Å²) in [4.78, 5) is 25.9. The number of aliphatic carboxylic acids is 1. The van der Waals surface area contributed by atoms with Gasteiger partial charge >= 0.3 is 12.1 Å². The van der Waals surface area contributed by atoms with Gasteiger partial charge in [-0.25, -0.2) is 4.79 Å². The third kappa shape index (κ3) is 12.1. The number of carboxylic acids is 1. The van der Waals surface area contributed by atoms with Crippen molar-refractivity contribution >= 4 is 20.4 Å². The van der Waals surface area contributed by atoms with Crippen LogP contribution in [-0.4, -0.2) is 43.2 Å². The number of aryl methyl sites for hydroxylation is 2. The van der Waals surface area contributed by atoms with Gasteiger partial charge in [-0.15, -0.1) is 0 Å². The van der Waals surface area contributed by atoms with Crippen LogP contribution >= 0.6 is 0 Å². The van der Waals surface area contributed by atoms with Gasteiger partial charge in [0, 0.05) is 0 Å². The quantitative estimate of drug-likeness (QED) is 0.174. The lowest BCUT2D eigenvalue weighted by Crippen LogP contribution is -2.54. The van der Waals surface area contributed by atoms with Gasteiger partial charge in [0.2, 0.25) is 0 Å². The van der Waals surface area contributed by atoms with Crippen molar-refractivity contribution in [2.24, 2.45) is 5.92 Å². The first-order chi connectivity index (χ1) is 21.0. The molecule has 7 heteroatoms. The van der Waals surface area contributed by atoms with Crippen molar-refractivity contribution in [2.45, 2.75) is 110 Å². The number of rotatable bonds is 14. The van der Waals surface area contributed by atoms with Crippen molar-refractivity contribution in [2.75, 3.05) is 0 Å². The first kappa shape index (κ1) is 36.0. The Morgan fingerprint density at radius 2 is 1.20 bits per heavy atom. The number of carboxylic acid groups (broad SMARTS) is 1. The molecule has 3 aromatic rings. The highest BCUT2D eigenvalue weighted by atomic mass is 28.4. The second-order valence-corrected chi connectivity index (χ2v) is 19.4. The molecule has 0 fully saturated rings. The molecular weight excluding hydrogens is 579 g/mol. The topological polar surface area (TPSA) is 84.9 Å². The summed E-state index contributed by atoms with van der Waals surface area (Å²) < 4.78 is 12.6. The fourth-order valence-corrected chi connectivity index (χ4v) is 6.43. The Balaban J connectivity index is 1.87. The van der Waals surface area contributed by atoms with E-state index in [0.29, 0.717) is 12.8 Å². The van der Waals surface area contributed by atoms with E-state index in [1.165, 1.54) is 11.1 Å². The maximum atomic E-state index is 13.1. The molecule has 3 aromatic carbocycles. The second kappa shape index (κ2) is 15.7. The van der Waals surface area contributed by atoms with Crippen LogP contribution in [-0.2, 0) is 39.6 Å². The lowest BCUT2D eigenvalue weighted by molar-refractivity contribution is -0.142. The number of amides is 1. The summed E-state index contributed by atoms with van der Waals surface area (Å²) in [6.45, 7) is 16.3. The molecule has 0 unspecified atom stereocenters. The standard InChI is InChI=1S/C38H53NO5Si/c1-37(2,3)43-36(42)39-33(26-30-17-13-10-14-18-30)34(44-45(7,8)38(4,5)6)27-32(35(40)41)25-31-23-21-29(22-24-31)20-19-28-15-11-9-12-16-28/h9-18,21-24,32-34H,19-20,25-27H2,1-8H3,(H,39,42)(H,40,41)/t32-,33+,34+/m1/s1. The number of carbonyl (C=O) groups is 2. The molecular formula is C38H53NO5Si. The van der Waals surface area contributed by atoms with Crippen molar-refractivity contribution in [3.63, 3.8) is 0 Å². The second-order valence-electron chi connectivity index (χ2n) is 14.6. The van der Waals surface area contributed by atoms with E-state index in [0.717, 1.165) is 24.0 Å². The number of hydrogen-bond donors (Lipinski definition) is 2. The molecule has 0 bridgehead atoms. The zero-order valence-corrected chi connectivity index (χ0v) is 29.4. The van der Waals surface area contributed by atoms with Gasteiger partial charge in [0.25, 0.3) is 0 Å². The highest BCUT2D eigenvalue weighted by Gasteiger charge is 2.42. The van der Waals surface area contributed by atoms with Crippen LogP contribution in [0.1, 0.15) is 70.2 Å². The number of carbonyl (C=O) groups excluding carboxylic acids is 1. The zero-order chi connectivity index (χ0) is 33.3. The first-order valence-corrected chi connectivity index (χ1v) is 19.0. The van der Waals surface area contributed by atoms with Crippen LogP contribution in [0.15, 0.2) is 84.9 Å². The fourth-order valence-electron chi connectivity index (χ4n) is 5.06. The van der Waals surface area contributed by atoms with Crippen LogP contribution in [0.4, 0.5) is 4.79 Å². The van der Waals surface area contributed by atoms with E-state index in [1.807, 2.05) is 69.3 Å². The van der Waals surface area contributed by atoms with Crippen molar-refractivity contribution in [3.8, 4) is 0 Å².